The summed E-state index contributed by atoms with van der Waals surface area (Å²) in [7, 11) is 0. The second kappa shape index (κ2) is 6.59. The zero-order valence-electron chi connectivity index (χ0n) is 9.39. The fourth-order valence-electron chi connectivity index (χ4n) is 1.32. The lowest BCUT2D eigenvalue weighted by atomic mass is 10.2. The molecule has 0 saturated heterocycles. The second-order valence-corrected chi connectivity index (χ2v) is 3.58. The van der Waals surface area contributed by atoms with Gasteiger partial charge in [0.1, 0.15) is 12.3 Å². The molecule has 1 aromatic carbocycles. The minimum absolute atomic E-state index is 0.0803. The van der Waals surface area contributed by atoms with Crippen molar-refractivity contribution in [1.82, 2.24) is 0 Å². The molecule has 0 atom stereocenters. The summed E-state index contributed by atoms with van der Waals surface area (Å²) in [6.07, 6.45) is 0.883. The van der Waals surface area contributed by atoms with Crippen molar-refractivity contribution >= 4 is 17.3 Å². The molecule has 0 amide bonds. The van der Waals surface area contributed by atoms with Gasteiger partial charge in [0, 0.05) is 12.1 Å². The van der Waals surface area contributed by atoms with Crippen LogP contribution in [0, 0.1) is 4.91 Å². The quantitative estimate of drug-likeness (QED) is 0.442. The van der Waals surface area contributed by atoms with E-state index in [1.807, 2.05) is 0 Å². The van der Waals surface area contributed by atoms with Crippen LogP contribution in [0.15, 0.2) is 23.4 Å². The van der Waals surface area contributed by atoms with Gasteiger partial charge in [0.15, 0.2) is 0 Å². The molecule has 0 spiro atoms. The standard InChI is InChI=1S/C11H15N3O3/c12-3-1-2-11(15)17-7-8-4-9(13)6-10(5-8)14-16/h4-6H,1-3,7,12-13H2. The van der Waals surface area contributed by atoms with Gasteiger partial charge in [-0.1, -0.05) is 0 Å². The summed E-state index contributed by atoms with van der Waals surface area (Å²) >= 11 is 0. The van der Waals surface area contributed by atoms with Gasteiger partial charge in [-0.15, -0.1) is 4.91 Å². The van der Waals surface area contributed by atoms with Gasteiger partial charge in [0.25, 0.3) is 0 Å². The molecule has 0 fully saturated rings. The highest BCUT2D eigenvalue weighted by Crippen LogP contribution is 2.19. The number of ether oxygens (including phenoxy) is 1. The molecule has 6 heteroatoms. The Morgan fingerprint density at radius 2 is 2.12 bits per heavy atom. The smallest absolute Gasteiger partial charge is 0.306 e. The first-order chi connectivity index (χ1) is 8.15. The summed E-state index contributed by atoms with van der Waals surface area (Å²) in [5.41, 5.74) is 12.1. The lowest BCUT2D eigenvalue weighted by Crippen LogP contribution is -2.08. The van der Waals surface area contributed by atoms with Gasteiger partial charge < -0.3 is 16.2 Å². The van der Waals surface area contributed by atoms with E-state index < -0.39 is 0 Å². The van der Waals surface area contributed by atoms with Crippen molar-refractivity contribution in [2.24, 2.45) is 10.9 Å². The number of nitrogens with two attached hydrogens (primary N) is 2. The molecule has 92 valence electrons. The summed E-state index contributed by atoms with van der Waals surface area (Å²) in [6.45, 7) is 0.531. The minimum atomic E-state index is -0.321. The molecule has 0 aromatic heterocycles. The molecule has 0 heterocycles. The van der Waals surface area contributed by atoms with E-state index in [1.165, 1.54) is 12.1 Å². The number of carbonyl (C=O) groups excluding carboxylic acids is 1. The number of hydrogen-bond acceptors (Lipinski definition) is 6. The fourth-order valence-corrected chi connectivity index (χ4v) is 1.32. The first-order valence-electron chi connectivity index (χ1n) is 5.24. The van der Waals surface area contributed by atoms with Crippen molar-refractivity contribution in [2.75, 3.05) is 12.3 Å². The van der Waals surface area contributed by atoms with Crippen molar-refractivity contribution in [2.45, 2.75) is 19.4 Å². The van der Waals surface area contributed by atoms with E-state index in [0.717, 1.165) is 0 Å². The topological polar surface area (TPSA) is 108 Å². The first kappa shape index (κ1) is 13.1. The molecule has 0 aliphatic carbocycles. The highest BCUT2D eigenvalue weighted by Gasteiger charge is 2.04. The van der Waals surface area contributed by atoms with E-state index in [2.05, 4.69) is 5.18 Å². The summed E-state index contributed by atoms with van der Waals surface area (Å²) in [4.78, 5) is 21.6. The predicted molar refractivity (Wildman–Crippen MR) is 64.4 cm³/mol. The van der Waals surface area contributed by atoms with Crippen LogP contribution in [0.3, 0.4) is 0 Å². The third kappa shape index (κ3) is 4.60. The third-order valence-corrected chi connectivity index (χ3v) is 2.09. The van der Waals surface area contributed by atoms with E-state index in [4.69, 9.17) is 16.2 Å². The summed E-state index contributed by atoms with van der Waals surface area (Å²) in [6, 6.07) is 4.61. The molecule has 1 rings (SSSR count). The highest BCUT2D eigenvalue weighted by atomic mass is 16.5. The van der Waals surface area contributed by atoms with Crippen molar-refractivity contribution in [3.8, 4) is 0 Å². The van der Waals surface area contributed by atoms with Gasteiger partial charge in [-0.3, -0.25) is 4.79 Å². The van der Waals surface area contributed by atoms with Crippen molar-refractivity contribution in [3.63, 3.8) is 0 Å². The number of nitroso groups, excluding NO2 is 1. The van der Waals surface area contributed by atoms with Crippen LogP contribution in [-0.4, -0.2) is 12.5 Å². The Bertz CT molecular complexity index is 407. The van der Waals surface area contributed by atoms with Crippen LogP contribution in [0.5, 0.6) is 0 Å². The first-order valence-corrected chi connectivity index (χ1v) is 5.24. The zero-order chi connectivity index (χ0) is 12.7. The number of benzene rings is 1. The van der Waals surface area contributed by atoms with Crippen LogP contribution >= 0.6 is 0 Å². The van der Waals surface area contributed by atoms with E-state index in [0.29, 0.717) is 24.2 Å². The number of nitrogen functional groups attached to an aromatic ring is 1. The summed E-state index contributed by atoms with van der Waals surface area (Å²) < 4.78 is 4.99. The van der Waals surface area contributed by atoms with Crippen LogP contribution in [0.4, 0.5) is 11.4 Å². The average Bonchev–Trinajstić information content (AvgIpc) is 2.33. The number of hydrogen-bond donors (Lipinski definition) is 2. The average molecular weight is 237 g/mol. The van der Waals surface area contributed by atoms with Gasteiger partial charge in [-0.25, -0.2) is 0 Å². The number of anilines is 1. The lowest BCUT2D eigenvalue weighted by molar-refractivity contribution is -0.145. The van der Waals surface area contributed by atoms with Crippen LogP contribution in [-0.2, 0) is 16.1 Å². The van der Waals surface area contributed by atoms with Gasteiger partial charge in [-0.05, 0) is 41.9 Å². The van der Waals surface area contributed by atoms with Crippen molar-refractivity contribution in [1.29, 1.82) is 0 Å². The zero-order valence-corrected chi connectivity index (χ0v) is 9.39. The monoisotopic (exact) mass is 237 g/mol. The SMILES string of the molecule is NCCCC(=O)OCc1cc(N)cc(N=O)c1. The van der Waals surface area contributed by atoms with Gasteiger partial charge in [0.05, 0.1) is 0 Å². The summed E-state index contributed by atoms with van der Waals surface area (Å²) in [5.74, 6) is -0.321. The Morgan fingerprint density at radius 1 is 1.35 bits per heavy atom. The third-order valence-electron chi connectivity index (χ3n) is 2.09. The molecule has 0 bridgehead atoms. The molecule has 0 saturated carbocycles. The Kier molecular flexibility index (Phi) is 5.09. The predicted octanol–water partition coefficient (Wildman–Crippen LogP) is 1.45. The molecule has 0 aliphatic rings. The number of carbonyl (C=O) groups is 1. The van der Waals surface area contributed by atoms with Crippen molar-refractivity contribution in [3.05, 3.63) is 28.7 Å². The Hall–Kier alpha value is -1.95. The van der Waals surface area contributed by atoms with Gasteiger partial charge >= 0.3 is 5.97 Å². The van der Waals surface area contributed by atoms with E-state index in [1.54, 1.807) is 6.07 Å². The Balaban J connectivity index is 2.54. The molecule has 4 N–H and O–H groups in total. The fraction of sp³-hybridized carbons (Fsp3) is 0.364. The van der Waals surface area contributed by atoms with Crippen LogP contribution < -0.4 is 11.5 Å². The molecule has 0 unspecified atom stereocenters. The van der Waals surface area contributed by atoms with Gasteiger partial charge in [-0.2, -0.15) is 0 Å². The molecular weight excluding hydrogens is 222 g/mol. The Morgan fingerprint density at radius 3 is 2.76 bits per heavy atom. The maximum Gasteiger partial charge on any atom is 0.306 e. The highest BCUT2D eigenvalue weighted by molar-refractivity contribution is 5.69. The largest absolute Gasteiger partial charge is 0.461 e. The van der Waals surface area contributed by atoms with E-state index >= 15 is 0 Å². The lowest BCUT2D eigenvalue weighted by Gasteiger charge is -2.05. The van der Waals surface area contributed by atoms with Gasteiger partial charge in [0.2, 0.25) is 0 Å². The number of esters is 1. The van der Waals surface area contributed by atoms with E-state index in [9.17, 15) is 9.70 Å². The number of rotatable bonds is 6. The molecule has 0 radical (unpaired) electrons. The minimum Gasteiger partial charge on any atom is -0.461 e. The summed E-state index contributed by atoms with van der Waals surface area (Å²) in [5, 5.41) is 2.78. The maximum absolute atomic E-state index is 11.2. The normalized spacial score (nSPS) is 9.94. The molecular formula is C11H15N3O3. The molecule has 1 aromatic rings. The second-order valence-electron chi connectivity index (χ2n) is 3.58. The maximum atomic E-state index is 11.2. The Labute approximate surface area is 98.9 Å². The van der Waals surface area contributed by atoms with Crippen LogP contribution in [0.1, 0.15) is 18.4 Å². The molecule has 6 nitrogen and oxygen atoms in total. The van der Waals surface area contributed by atoms with Crippen LogP contribution in [0.2, 0.25) is 0 Å². The van der Waals surface area contributed by atoms with Crippen LogP contribution in [0.25, 0.3) is 0 Å². The number of nitrogens with zero attached hydrogens (tertiary/aromatic N) is 1. The molecule has 0 aliphatic heterocycles. The van der Waals surface area contributed by atoms with Crippen molar-refractivity contribution < 1.29 is 9.53 Å². The van der Waals surface area contributed by atoms with E-state index in [-0.39, 0.29) is 24.7 Å². The molecule has 17 heavy (non-hydrogen) atoms.